The number of hydrogen-bond acceptors (Lipinski definition) is 6. The Bertz CT molecular complexity index is 1310. The Morgan fingerprint density at radius 3 is 2.69 bits per heavy atom. The smallest absolute Gasteiger partial charge is 0.256 e. The number of nitrogen functional groups attached to an aromatic ring is 1. The molecule has 1 atom stereocenters. The minimum Gasteiger partial charge on any atom is -0.382 e. The number of nitrogens with zero attached hydrogens (tertiary/aromatic N) is 4. The Hall–Kier alpha value is -3.78. The number of rotatable bonds is 4. The maximum absolute atomic E-state index is 12.6. The van der Waals surface area contributed by atoms with Crippen molar-refractivity contribution in [2.45, 2.75) is 25.3 Å². The largest absolute Gasteiger partial charge is 0.382 e. The summed E-state index contributed by atoms with van der Waals surface area (Å²) in [7, 11) is 0. The highest BCUT2D eigenvalue weighted by Gasteiger charge is 2.49. The summed E-state index contributed by atoms with van der Waals surface area (Å²) in [5.74, 6) is 1.71. The lowest BCUT2D eigenvalue weighted by Gasteiger charge is -2.09. The predicted molar refractivity (Wildman–Crippen MR) is 122 cm³/mol. The third-order valence-electron chi connectivity index (χ3n) is 6.57. The van der Waals surface area contributed by atoms with E-state index in [-0.39, 0.29) is 11.9 Å². The molecule has 2 fully saturated rings. The molecule has 2 aliphatic rings. The molecule has 1 amide bonds. The van der Waals surface area contributed by atoms with Crippen molar-refractivity contribution in [2.24, 2.45) is 5.41 Å². The predicted octanol–water partition coefficient (Wildman–Crippen LogP) is 3.44. The van der Waals surface area contributed by atoms with Crippen molar-refractivity contribution < 1.29 is 4.79 Å². The second kappa shape index (κ2) is 7.13. The lowest BCUT2D eigenvalue weighted by Crippen LogP contribution is -2.16. The van der Waals surface area contributed by atoms with Crippen LogP contribution in [0.2, 0.25) is 0 Å². The Labute approximate surface area is 184 Å². The van der Waals surface area contributed by atoms with Crippen LogP contribution < -0.4 is 16.4 Å². The fourth-order valence-electron chi connectivity index (χ4n) is 4.60. The van der Waals surface area contributed by atoms with Gasteiger partial charge in [0.25, 0.3) is 5.91 Å². The topological polar surface area (TPSA) is 110 Å². The van der Waals surface area contributed by atoms with Crippen molar-refractivity contribution in [2.75, 3.05) is 17.6 Å². The molecular weight excluding hydrogens is 402 g/mol. The van der Waals surface area contributed by atoms with Crippen LogP contribution in [-0.2, 0) is 0 Å². The number of imidazole rings is 1. The normalized spacial score (nSPS) is 18.8. The van der Waals surface area contributed by atoms with Gasteiger partial charge in [0.2, 0.25) is 0 Å². The molecule has 4 heterocycles. The average Bonchev–Trinajstić information content (AvgIpc) is 3.26. The Morgan fingerprint density at radius 1 is 1.12 bits per heavy atom. The summed E-state index contributed by atoms with van der Waals surface area (Å²) in [6.07, 6.45) is 8.95. The fourth-order valence-corrected chi connectivity index (χ4v) is 4.60. The van der Waals surface area contributed by atoms with E-state index in [9.17, 15) is 4.79 Å². The van der Waals surface area contributed by atoms with Gasteiger partial charge in [-0.05, 0) is 48.9 Å². The molecule has 4 N–H and O–H groups in total. The van der Waals surface area contributed by atoms with Gasteiger partial charge in [0.1, 0.15) is 28.7 Å². The summed E-state index contributed by atoms with van der Waals surface area (Å²) < 4.78 is 2.05. The van der Waals surface area contributed by atoms with Gasteiger partial charge in [-0.15, -0.1) is 0 Å². The van der Waals surface area contributed by atoms with Crippen molar-refractivity contribution >= 4 is 23.1 Å². The number of amides is 1. The maximum Gasteiger partial charge on any atom is 0.256 e. The molecule has 1 spiro atoms. The van der Waals surface area contributed by atoms with E-state index in [0.717, 1.165) is 35.6 Å². The summed E-state index contributed by atoms with van der Waals surface area (Å²) in [6.45, 7) is 1.04. The highest BCUT2D eigenvalue weighted by molar-refractivity contribution is 6.04. The zero-order chi connectivity index (χ0) is 21.7. The summed E-state index contributed by atoms with van der Waals surface area (Å²) >= 11 is 0. The molecule has 1 unspecified atom stereocenters. The number of nitrogens with two attached hydrogens (primary N) is 1. The van der Waals surface area contributed by atoms with Crippen LogP contribution >= 0.6 is 0 Å². The van der Waals surface area contributed by atoms with E-state index in [0.29, 0.717) is 22.6 Å². The second-order valence-corrected chi connectivity index (χ2v) is 8.73. The van der Waals surface area contributed by atoms with Gasteiger partial charge in [-0.3, -0.25) is 9.20 Å². The zero-order valence-electron chi connectivity index (χ0n) is 17.5. The van der Waals surface area contributed by atoms with Crippen LogP contribution in [0.15, 0.2) is 61.1 Å². The van der Waals surface area contributed by atoms with Crippen LogP contribution in [0.4, 0.5) is 11.6 Å². The fraction of sp³-hybridized carbons (Fsp3) is 0.250. The molecular formula is C24H23N7O. The van der Waals surface area contributed by atoms with Crippen LogP contribution in [0.5, 0.6) is 0 Å². The van der Waals surface area contributed by atoms with Gasteiger partial charge in [-0.25, -0.2) is 15.0 Å². The number of fused-ring (bicyclic) bond motifs is 1. The van der Waals surface area contributed by atoms with Crippen LogP contribution in [0.25, 0.3) is 16.8 Å². The molecule has 0 bridgehead atoms. The molecule has 8 nitrogen and oxygen atoms in total. The molecule has 1 saturated heterocycles. The van der Waals surface area contributed by atoms with Gasteiger partial charge in [0.15, 0.2) is 0 Å². The number of nitrogens with one attached hydrogen (secondary N) is 2. The molecule has 160 valence electrons. The summed E-state index contributed by atoms with van der Waals surface area (Å²) in [6, 6.07) is 13.0. The molecule has 3 aromatic heterocycles. The van der Waals surface area contributed by atoms with Crippen molar-refractivity contribution in [3.63, 3.8) is 0 Å². The number of hydrogen-bond donors (Lipinski definition) is 3. The Morgan fingerprint density at radius 2 is 1.97 bits per heavy atom. The first-order valence-electron chi connectivity index (χ1n) is 10.8. The van der Waals surface area contributed by atoms with Gasteiger partial charge in [0, 0.05) is 36.3 Å². The molecule has 32 heavy (non-hydrogen) atoms. The van der Waals surface area contributed by atoms with E-state index >= 15 is 0 Å². The number of carbonyl (C=O) groups is 1. The van der Waals surface area contributed by atoms with E-state index in [1.165, 1.54) is 12.8 Å². The minimum absolute atomic E-state index is 0.198. The van der Waals surface area contributed by atoms with E-state index in [4.69, 9.17) is 10.7 Å². The quantitative estimate of drug-likeness (QED) is 0.462. The number of anilines is 2. The Balaban J connectivity index is 1.34. The molecule has 6 rings (SSSR count). The highest BCUT2D eigenvalue weighted by Crippen LogP contribution is 2.55. The number of benzene rings is 1. The van der Waals surface area contributed by atoms with Gasteiger partial charge >= 0.3 is 0 Å². The van der Waals surface area contributed by atoms with Gasteiger partial charge in [-0.2, -0.15) is 0 Å². The number of carbonyl (C=O) groups excluding carboxylic acids is 1. The zero-order valence-corrected chi connectivity index (χ0v) is 17.5. The minimum atomic E-state index is -0.211. The van der Waals surface area contributed by atoms with Crippen LogP contribution in [0.3, 0.4) is 0 Å². The molecule has 0 radical (unpaired) electrons. The third-order valence-corrected chi connectivity index (χ3v) is 6.57. The van der Waals surface area contributed by atoms with Crippen LogP contribution in [0.1, 0.15) is 41.5 Å². The molecule has 1 aliphatic heterocycles. The summed E-state index contributed by atoms with van der Waals surface area (Å²) in [4.78, 5) is 26.0. The lowest BCUT2D eigenvalue weighted by atomic mass is 10.0. The molecule has 1 aromatic carbocycles. The van der Waals surface area contributed by atoms with Gasteiger partial charge in [-0.1, -0.05) is 18.2 Å². The molecule has 1 saturated carbocycles. The monoisotopic (exact) mass is 425 g/mol. The van der Waals surface area contributed by atoms with E-state index in [2.05, 4.69) is 25.0 Å². The van der Waals surface area contributed by atoms with Crippen LogP contribution in [-0.4, -0.2) is 31.8 Å². The standard InChI is InChI=1S/C24H23N7O/c25-21-20-19(15-4-6-16(7-5-15)23(32)29-18-3-1-2-10-26-18)30-22(31(20)12-11-27-21)17-13-24(8-9-24)14-28-17/h1-7,10-12,17,28H,8-9,13-14H2,(H2,25,27)(H,26,29,32). The first kappa shape index (κ1) is 18.9. The van der Waals surface area contributed by atoms with Crippen LogP contribution in [0, 0.1) is 5.41 Å². The van der Waals surface area contributed by atoms with Crippen molar-refractivity contribution in [3.05, 3.63) is 72.4 Å². The number of aromatic nitrogens is 4. The Kier molecular flexibility index (Phi) is 4.22. The SMILES string of the molecule is Nc1nccn2c(C3CC4(CC4)CN3)nc(-c3ccc(C(=O)Nc4ccccn4)cc3)c12. The van der Waals surface area contributed by atoms with Crippen molar-refractivity contribution in [1.29, 1.82) is 0 Å². The lowest BCUT2D eigenvalue weighted by molar-refractivity contribution is 0.102. The number of pyridine rings is 1. The average molecular weight is 425 g/mol. The van der Waals surface area contributed by atoms with Gasteiger partial charge < -0.3 is 16.4 Å². The van der Waals surface area contributed by atoms with E-state index in [1.807, 2.05) is 24.4 Å². The third kappa shape index (κ3) is 3.20. The van der Waals surface area contributed by atoms with E-state index < -0.39 is 0 Å². The van der Waals surface area contributed by atoms with Crippen molar-refractivity contribution in [3.8, 4) is 11.3 Å². The molecule has 4 aromatic rings. The molecule has 8 heteroatoms. The first-order valence-corrected chi connectivity index (χ1v) is 10.8. The van der Waals surface area contributed by atoms with E-state index in [1.54, 1.807) is 36.7 Å². The van der Waals surface area contributed by atoms with Crippen molar-refractivity contribution in [1.82, 2.24) is 24.7 Å². The highest BCUT2D eigenvalue weighted by atomic mass is 16.1. The summed E-state index contributed by atoms with van der Waals surface area (Å²) in [5.41, 5.74) is 9.74. The maximum atomic E-state index is 12.6. The summed E-state index contributed by atoms with van der Waals surface area (Å²) in [5, 5.41) is 6.45. The second-order valence-electron chi connectivity index (χ2n) is 8.73. The molecule has 1 aliphatic carbocycles. The first-order chi connectivity index (χ1) is 15.6. The van der Waals surface area contributed by atoms with Gasteiger partial charge in [0.05, 0.1) is 6.04 Å².